The number of carbonyl (C=O) groups excluding carboxylic acids is 1. The summed E-state index contributed by atoms with van der Waals surface area (Å²) in [4.78, 5) is 11.6. The van der Waals surface area contributed by atoms with Crippen LogP contribution in [-0.2, 0) is 6.61 Å². The van der Waals surface area contributed by atoms with Crippen molar-refractivity contribution in [3.8, 4) is 11.5 Å². The van der Waals surface area contributed by atoms with Gasteiger partial charge in [0.25, 0.3) is 5.91 Å². The molecule has 4 heteroatoms. The number of benzene rings is 2. The van der Waals surface area contributed by atoms with E-state index in [1.54, 1.807) is 18.2 Å². The number of amides is 1. The molecule has 1 amide bonds. The molecule has 3 rings (SSSR count). The van der Waals surface area contributed by atoms with Crippen LogP contribution in [0.3, 0.4) is 0 Å². The normalized spacial score (nSPS) is 14.5. The molecule has 0 aromatic heterocycles. The summed E-state index contributed by atoms with van der Waals surface area (Å²) in [6, 6.07) is 15.1. The lowest BCUT2D eigenvalue weighted by Gasteiger charge is -2.15. The lowest BCUT2D eigenvalue weighted by Crippen LogP contribution is -2.15. The fourth-order valence-corrected chi connectivity index (χ4v) is 3.04. The Morgan fingerprint density at radius 3 is 2.50 bits per heavy atom. The van der Waals surface area contributed by atoms with Crippen molar-refractivity contribution in [2.75, 3.05) is 6.61 Å². The SMILES string of the molecule is NC(=O)c1ccc(OCc2ccccc2)cc1OCC1CCCC1. The second-order valence-corrected chi connectivity index (χ2v) is 6.26. The van der Waals surface area contributed by atoms with E-state index in [-0.39, 0.29) is 0 Å². The minimum Gasteiger partial charge on any atom is -0.492 e. The van der Waals surface area contributed by atoms with Gasteiger partial charge in [0.05, 0.1) is 12.2 Å². The van der Waals surface area contributed by atoms with E-state index in [1.807, 2.05) is 30.3 Å². The fourth-order valence-electron chi connectivity index (χ4n) is 3.04. The Morgan fingerprint density at radius 2 is 1.79 bits per heavy atom. The lowest BCUT2D eigenvalue weighted by molar-refractivity contribution is 0.0995. The van der Waals surface area contributed by atoms with E-state index >= 15 is 0 Å². The predicted molar refractivity (Wildman–Crippen MR) is 93.2 cm³/mol. The third-order valence-corrected chi connectivity index (χ3v) is 4.42. The second kappa shape index (κ2) is 7.86. The molecule has 1 saturated carbocycles. The molecule has 1 fully saturated rings. The quantitative estimate of drug-likeness (QED) is 0.839. The molecule has 0 unspecified atom stereocenters. The summed E-state index contributed by atoms with van der Waals surface area (Å²) in [6.07, 6.45) is 4.90. The number of ether oxygens (including phenoxy) is 2. The summed E-state index contributed by atoms with van der Waals surface area (Å²) in [6.45, 7) is 1.10. The van der Waals surface area contributed by atoms with Crippen LogP contribution < -0.4 is 15.2 Å². The topological polar surface area (TPSA) is 61.6 Å². The summed E-state index contributed by atoms with van der Waals surface area (Å²) >= 11 is 0. The summed E-state index contributed by atoms with van der Waals surface area (Å²) < 4.78 is 11.7. The number of hydrogen-bond acceptors (Lipinski definition) is 3. The number of rotatable bonds is 7. The van der Waals surface area contributed by atoms with Crippen molar-refractivity contribution in [1.29, 1.82) is 0 Å². The van der Waals surface area contributed by atoms with Gasteiger partial charge in [0.15, 0.2) is 0 Å². The standard InChI is InChI=1S/C20H23NO3/c21-20(22)18-11-10-17(23-13-15-6-2-1-3-7-15)12-19(18)24-14-16-8-4-5-9-16/h1-3,6-7,10-12,16H,4-5,8-9,13-14H2,(H2,21,22). The average Bonchev–Trinajstić information content (AvgIpc) is 3.12. The van der Waals surface area contributed by atoms with Crippen LogP contribution in [0.4, 0.5) is 0 Å². The highest BCUT2D eigenvalue weighted by Gasteiger charge is 2.18. The second-order valence-electron chi connectivity index (χ2n) is 6.26. The highest BCUT2D eigenvalue weighted by molar-refractivity contribution is 5.95. The van der Waals surface area contributed by atoms with Gasteiger partial charge in [-0.2, -0.15) is 0 Å². The molecule has 0 aliphatic heterocycles. The van der Waals surface area contributed by atoms with Crippen molar-refractivity contribution in [2.24, 2.45) is 11.7 Å². The predicted octanol–water partition coefficient (Wildman–Crippen LogP) is 3.93. The van der Waals surface area contributed by atoms with Gasteiger partial charge in [-0.1, -0.05) is 43.2 Å². The van der Waals surface area contributed by atoms with Crippen LogP contribution in [0.25, 0.3) is 0 Å². The number of carbonyl (C=O) groups is 1. The third kappa shape index (κ3) is 4.28. The molecule has 2 aromatic carbocycles. The maximum absolute atomic E-state index is 11.6. The molecule has 4 nitrogen and oxygen atoms in total. The van der Waals surface area contributed by atoms with Crippen molar-refractivity contribution in [2.45, 2.75) is 32.3 Å². The van der Waals surface area contributed by atoms with E-state index < -0.39 is 5.91 Å². The van der Waals surface area contributed by atoms with Crippen molar-refractivity contribution >= 4 is 5.91 Å². The molecule has 1 aliphatic carbocycles. The van der Waals surface area contributed by atoms with E-state index in [2.05, 4.69) is 0 Å². The smallest absolute Gasteiger partial charge is 0.252 e. The number of hydrogen-bond donors (Lipinski definition) is 1. The highest BCUT2D eigenvalue weighted by atomic mass is 16.5. The Hall–Kier alpha value is -2.49. The first-order valence-electron chi connectivity index (χ1n) is 8.46. The minimum absolute atomic E-state index is 0.403. The average molecular weight is 325 g/mol. The number of primary amides is 1. The van der Waals surface area contributed by atoms with E-state index in [4.69, 9.17) is 15.2 Å². The van der Waals surface area contributed by atoms with Crippen LogP contribution in [0.15, 0.2) is 48.5 Å². The molecule has 2 aromatic rings. The molecule has 0 bridgehead atoms. The van der Waals surface area contributed by atoms with Gasteiger partial charge in [0.2, 0.25) is 0 Å². The van der Waals surface area contributed by atoms with Gasteiger partial charge in [-0.05, 0) is 36.5 Å². The monoisotopic (exact) mass is 325 g/mol. The van der Waals surface area contributed by atoms with Crippen LogP contribution in [-0.4, -0.2) is 12.5 Å². The van der Waals surface area contributed by atoms with Crippen LogP contribution in [0.5, 0.6) is 11.5 Å². The van der Waals surface area contributed by atoms with E-state index in [1.165, 1.54) is 25.7 Å². The zero-order valence-corrected chi connectivity index (χ0v) is 13.7. The fraction of sp³-hybridized carbons (Fsp3) is 0.350. The highest BCUT2D eigenvalue weighted by Crippen LogP contribution is 2.29. The Labute approximate surface area is 142 Å². The molecular weight excluding hydrogens is 302 g/mol. The summed E-state index contributed by atoms with van der Waals surface area (Å²) in [5.74, 6) is 1.27. The van der Waals surface area contributed by atoms with Crippen molar-refractivity contribution in [3.05, 3.63) is 59.7 Å². The molecular formula is C20H23NO3. The Morgan fingerprint density at radius 1 is 1.04 bits per heavy atom. The molecule has 1 aliphatic rings. The van der Waals surface area contributed by atoms with Crippen molar-refractivity contribution < 1.29 is 14.3 Å². The number of nitrogens with two attached hydrogens (primary N) is 1. The Kier molecular flexibility index (Phi) is 5.36. The Bertz CT molecular complexity index is 679. The molecule has 0 spiro atoms. The summed E-state index contributed by atoms with van der Waals surface area (Å²) in [5, 5.41) is 0. The van der Waals surface area contributed by atoms with Crippen LogP contribution in [0, 0.1) is 5.92 Å². The van der Waals surface area contributed by atoms with E-state index in [9.17, 15) is 4.79 Å². The molecule has 0 radical (unpaired) electrons. The van der Waals surface area contributed by atoms with Crippen molar-refractivity contribution in [3.63, 3.8) is 0 Å². The van der Waals surface area contributed by atoms with E-state index in [0.29, 0.717) is 36.2 Å². The van der Waals surface area contributed by atoms with Gasteiger partial charge in [-0.25, -0.2) is 0 Å². The zero-order chi connectivity index (χ0) is 16.8. The first kappa shape index (κ1) is 16.4. The Balaban J connectivity index is 1.68. The summed E-state index contributed by atoms with van der Waals surface area (Å²) in [5.41, 5.74) is 6.94. The third-order valence-electron chi connectivity index (χ3n) is 4.42. The summed E-state index contributed by atoms with van der Waals surface area (Å²) in [7, 11) is 0. The maximum atomic E-state index is 11.6. The maximum Gasteiger partial charge on any atom is 0.252 e. The largest absolute Gasteiger partial charge is 0.492 e. The molecule has 2 N–H and O–H groups in total. The van der Waals surface area contributed by atoms with Crippen LogP contribution >= 0.6 is 0 Å². The van der Waals surface area contributed by atoms with Crippen LogP contribution in [0.2, 0.25) is 0 Å². The lowest BCUT2D eigenvalue weighted by atomic mass is 10.1. The zero-order valence-electron chi connectivity index (χ0n) is 13.7. The van der Waals surface area contributed by atoms with Gasteiger partial charge in [0, 0.05) is 6.07 Å². The van der Waals surface area contributed by atoms with E-state index in [0.717, 1.165) is 5.56 Å². The molecule has 0 heterocycles. The molecule has 24 heavy (non-hydrogen) atoms. The first-order chi connectivity index (χ1) is 11.7. The van der Waals surface area contributed by atoms with Gasteiger partial charge in [0.1, 0.15) is 18.1 Å². The molecule has 0 saturated heterocycles. The van der Waals surface area contributed by atoms with Gasteiger partial charge >= 0.3 is 0 Å². The molecule has 0 atom stereocenters. The van der Waals surface area contributed by atoms with Crippen molar-refractivity contribution in [1.82, 2.24) is 0 Å². The first-order valence-corrected chi connectivity index (χ1v) is 8.46. The van der Waals surface area contributed by atoms with Gasteiger partial charge in [-0.15, -0.1) is 0 Å². The molecule has 126 valence electrons. The van der Waals surface area contributed by atoms with Gasteiger partial charge in [-0.3, -0.25) is 4.79 Å². The minimum atomic E-state index is -0.481. The van der Waals surface area contributed by atoms with Crippen LogP contribution in [0.1, 0.15) is 41.6 Å². The van der Waals surface area contributed by atoms with Gasteiger partial charge < -0.3 is 15.2 Å².